The highest BCUT2D eigenvalue weighted by atomic mass is 16.5. The molecule has 0 saturated carbocycles. The van der Waals surface area contributed by atoms with E-state index in [0.717, 1.165) is 17.4 Å². The number of benzene rings is 1. The van der Waals surface area contributed by atoms with Crippen molar-refractivity contribution in [3.05, 3.63) is 33.7 Å². The van der Waals surface area contributed by atoms with Crippen molar-refractivity contribution < 1.29 is 19.1 Å². The molecule has 0 spiro atoms. The fourth-order valence-electron chi connectivity index (χ4n) is 3.41. The van der Waals surface area contributed by atoms with Gasteiger partial charge in [0.15, 0.2) is 5.58 Å². The van der Waals surface area contributed by atoms with Crippen LogP contribution in [0.25, 0.3) is 11.0 Å². The third-order valence-corrected chi connectivity index (χ3v) is 4.72. The van der Waals surface area contributed by atoms with Crippen LogP contribution in [0.3, 0.4) is 0 Å². The second-order valence-electron chi connectivity index (χ2n) is 7.06. The maximum atomic E-state index is 12.2. The van der Waals surface area contributed by atoms with Crippen LogP contribution in [0.2, 0.25) is 0 Å². The van der Waals surface area contributed by atoms with E-state index < -0.39 is 5.63 Å². The number of hydrogen-bond donors (Lipinski definition) is 1. The zero-order valence-corrected chi connectivity index (χ0v) is 15.8. The SMILES string of the molecule is CCCc1cc(=O)oc2c3c(cc(OC(C)C)c12)OC(C)C(C)/C3=N\O. The van der Waals surface area contributed by atoms with E-state index in [-0.39, 0.29) is 18.1 Å². The number of rotatable bonds is 4. The topological polar surface area (TPSA) is 81.3 Å². The number of aryl methyl sites for hydroxylation is 1. The van der Waals surface area contributed by atoms with Crippen LogP contribution in [0.4, 0.5) is 0 Å². The first-order chi connectivity index (χ1) is 12.4. The molecule has 0 amide bonds. The number of fused-ring (bicyclic) bond motifs is 3. The summed E-state index contributed by atoms with van der Waals surface area (Å²) in [6, 6.07) is 3.32. The molecule has 0 radical (unpaired) electrons. The van der Waals surface area contributed by atoms with E-state index in [1.54, 1.807) is 0 Å². The maximum Gasteiger partial charge on any atom is 0.336 e. The fraction of sp³-hybridized carbons (Fsp3) is 0.500. The summed E-state index contributed by atoms with van der Waals surface area (Å²) in [5, 5.41) is 13.9. The molecule has 1 N–H and O–H groups in total. The lowest BCUT2D eigenvalue weighted by molar-refractivity contribution is 0.176. The van der Waals surface area contributed by atoms with Gasteiger partial charge in [0.25, 0.3) is 0 Å². The van der Waals surface area contributed by atoms with Gasteiger partial charge in [0.2, 0.25) is 0 Å². The van der Waals surface area contributed by atoms with Gasteiger partial charge in [-0.25, -0.2) is 4.79 Å². The van der Waals surface area contributed by atoms with Crippen molar-refractivity contribution in [3.8, 4) is 11.5 Å². The zero-order valence-electron chi connectivity index (χ0n) is 15.8. The second kappa shape index (κ2) is 7.02. The van der Waals surface area contributed by atoms with Crippen molar-refractivity contribution in [2.45, 2.75) is 59.7 Å². The molecular formula is C20H25NO5. The molecule has 0 fully saturated rings. The summed E-state index contributed by atoms with van der Waals surface area (Å²) < 4.78 is 17.6. The Bertz CT molecular complexity index is 913. The Kier molecular flexibility index (Phi) is 4.94. The van der Waals surface area contributed by atoms with Gasteiger partial charge in [0, 0.05) is 18.1 Å². The van der Waals surface area contributed by atoms with Crippen molar-refractivity contribution in [1.29, 1.82) is 0 Å². The van der Waals surface area contributed by atoms with Crippen molar-refractivity contribution in [1.82, 2.24) is 0 Å². The largest absolute Gasteiger partial charge is 0.490 e. The number of hydrogen-bond acceptors (Lipinski definition) is 6. The third-order valence-electron chi connectivity index (χ3n) is 4.72. The second-order valence-corrected chi connectivity index (χ2v) is 7.06. The molecule has 2 aromatic rings. The van der Waals surface area contributed by atoms with Crippen molar-refractivity contribution >= 4 is 16.7 Å². The highest BCUT2D eigenvalue weighted by molar-refractivity contribution is 6.14. The molecule has 2 heterocycles. The van der Waals surface area contributed by atoms with Gasteiger partial charge in [0.1, 0.15) is 23.3 Å². The van der Waals surface area contributed by atoms with Gasteiger partial charge in [0.05, 0.1) is 17.1 Å². The average Bonchev–Trinajstić information content (AvgIpc) is 2.56. The minimum absolute atomic E-state index is 0.0522. The lowest BCUT2D eigenvalue weighted by Gasteiger charge is -2.31. The van der Waals surface area contributed by atoms with Crippen LogP contribution in [0.1, 0.15) is 52.2 Å². The molecule has 1 aromatic heterocycles. The highest BCUT2D eigenvalue weighted by Crippen LogP contribution is 2.42. The van der Waals surface area contributed by atoms with Crippen LogP contribution in [0.15, 0.2) is 26.5 Å². The summed E-state index contributed by atoms with van der Waals surface area (Å²) >= 11 is 0. The molecule has 3 rings (SSSR count). The van der Waals surface area contributed by atoms with Gasteiger partial charge >= 0.3 is 5.63 Å². The number of oxime groups is 1. The summed E-state index contributed by atoms with van der Waals surface area (Å²) in [7, 11) is 0. The van der Waals surface area contributed by atoms with Gasteiger partial charge in [-0.2, -0.15) is 0 Å². The lowest BCUT2D eigenvalue weighted by atomic mass is 9.88. The Morgan fingerprint density at radius 2 is 2.04 bits per heavy atom. The van der Waals surface area contributed by atoms with E-state index in [1.807, 2.05) is 33.8 Å². The van der Waals surface area contributed by atoms with E-state index >= 15 is 0 Å². The fourth-order valence-corrected chi connectivity index (χ4v) is 3.41. The third kappa shape index (κ3) is 3.04. The smallest absolute Gasteiger partial charge is 0.336 e. The van der Waals surface area contributed by atoms with E-state index in [0.29, 0.717) is 34.8 Å². The molecule has 26 heavy (non-hydrogen) atoms. The molecule has 1 aliphatic heterocycles. The number of nitrogens with zero attached hydrogens (tertiary/aromatic N) is 1. The molecule has 6 nitrogen and oxygen atoms in total. The summed E-state index contributed by atoms with van der Waals surface area (Å²) in [5.41, 5.74) is 1.77. The Morgan fingerprint density at radius 1 is 1.31 bits per heavy atom. The van der Waals surface area contributed by atoms with Crippen LogP contribution in [0.5, 0.6) is 11.5 Å². The minimum atomic E-state index is -0.437. The van der Waals surface area contributed by atoms with Gasteiger partial charge in [-0.1, -0.05) is 25.4 Å². The van der Waals surface area contributed by atoms with Crippen LogP contribution >= 0.6 is 0 Å². The van der Waals surface area contributed by atoms with Crippen LogP contribution in [-0.2, 0) is 6.42 Å². The first kappa shape index (κ1) is 18.3. The molecular weight excluding hydrogens is 334 g/mol. The standard InChI is InChI=1S/C20H25NO5/c1-6-7-13-8-16(22)26-20-17(13)14(24-10(2)3)9-15-18(20)19(21-23)11(4)12(5)25-15/h8-12,23H,6-7H2,1-5H3/b21-19+. The zero-order chi connectivity index (χ0) is 19.0. The minimum Gasteiger partial charge on any atom is -0.490 e. The molecule has 1 aliphatic rings. The Labute approximate surface area is 152 Å². The summed E-state index contributed by atoms with van der Waals surface area (Å²) in [6.45, 7) is 9.76. The lowest BCUT2D eigenvalue weighted by Crippen LogP contribution is -2.34. The Balaban J connectivity index is 2.43. The van der Waals surface area contributed by atoms with Crippen molar-refractivity contribution in [2.24, 2.45) is 11.1 Å². The van der Waals surface area contributed by atoms with Gasteiger partial charge in [-0.3, -0.25) is 0 Å². The Morgan fingerprint density at radius 3 is 2.65 bits per heavy atom. The van der Waals surface area contributed by atoms with Crippen LogP contribution in [-0.4, -0.2) is 23.1 Å². The predicted molar refractivity (Wildman–Crippen MR) is 99.8 cm³/mol. The molecule has 2 unspecified atom stereocenters. The molecule has 2 atom stereocenters. The molecule has 0 saturated heterocycles. The maximum absolute atomic E-state index is 12.2. The van der Waals surface area contributed by atoms with Gasteiger partial charge in [-0.15, -0.1) is 0 Å². The Hall–Kier alpha value is -2.50. The summed E-state index contributed by atoms with van der Waals surface area (Å²) in [5.74, 6) is 0.969. The van der Waals surface area contributed by atoms with E-state index in [2.05, 4.69) is 12.1 Å². The molecule has 1 aromatic carbocycles. The normalized spacial score (nSPS) is 21.1. The predicted octanol–water partition coefficient (Wildman–Crippen LogP) is 4.13. The highest BCUT2D eigenvalue weighted by Gasteiger charge is 2.34. The van der Waals surface area contributed by atoms with Crippen molar-refractivity contribution in [2.75, 3.05) is 0 Å². The van der Waals surface area contributed by atoms with Crippen LogP contribution in [0, 0.1) is 5.92 Å². The summed E-state index contributed by atoms with van der Waals surface area (Å²) in [6.07, 6.45) is 1.36. The summed E-state index contributed by atoms with van der Waals surface area (Å²) in [4.78, 5) is 12.2. The van der Waals surface area contributed by atoms with E-state index in [9.17, 15) is 10.0 Å². The van der Waals surface area contributed by atoms with E-state index in [1.165, 1.54) is 6.07 Å². The number of ether oxygens (including phenoxy) is 2. The first-order valence-corrected chi connectivity index (χ1v) is 9.06. The first-order valence-electron chi connectivity index (χ1n) is 9.06. The molecule has 6 heteroatoms. The molecule has 140 valence electrons. The quantitative estimate of drug-likeness (QED) is 0.504. The molecule has 0 bridgehead atoms. The average molecular weight is 359 g/mol. The van der Waals surface area contributed by atoms with Gasteiger partial charge in [-0.05, 0) is 32.8 Å². The van der Waals surface area contributed by atoms with Gasteiger partial charge < -0.3 is 19.1 Å². The monoisotopic (exact) mass is 359 g/mol. The molecule has 0 aliphatic carbocycles. The van der Waals surface area contributed by atoms with Crippen molar-refractivity contribution in [3.63, 3.8) is 0 Å². The van der Waals surface area contributed by atoms with Crippen LogP contribution < -0.4 is 15.1 Å². The van der Waals surface area contributed by atoms with E-state index in [4.69, 9.17) is 13.9 Å².